The number of rotatable bonds is 3. The van der Waals surface area contributed by atoms with E-state index in [1.54, 1.807) is 29.6 Å². The monoisotopic (exact) mass is 264 g/mol. The first kappa shape index (κ1) is 10.5. The van der Waals surface area contributed by atoms with Gasteiger partial charge in [0.1, 0.15) is 9.82 Å². The maximum Gasteiger partial charge on any atom is 0.143 e. The molecule has 1 unspecified atom stereocenters. The Labute approximate surface area is 79.5 Å². The standard InChI is InChI=1S/C7H9IN2O/c1-3-6(11)5(4-10-2)7(8)9/h1,4,6,9-11H,2H3/b5-4-,9-7?. The Balaban J connectivity index is 4.50. The number of halogens is 1. The molecule has 0 aliphatic rings. The molecule has 60 valence electrons. The molecular weight excluding hydrogens is 255 g/mol. The second kappa shape index (κ2) is 5.16. The van der Waals surface area contributed by atoms with E-state index >= 15 is 0 Å². The maximum atomic E-state index is 9.13. The minimum absolute atomic E-state index is 0.238. The quantitative estimate of drug-likeness (QED) is 0.395. The minimum Gasteiger partial charge on any atom is -0.394 e. The van der Waals surface area contributed by atoms with E-state index in [0.29, 0.717) is 5.57 Å². The topological polar surface area (TPSA) is 56.1 Å². The van der Waals surface area contributed by atoms with Gasteiger partial charge in [-0.1, -0.05) is 5.92 Å². The molecule has 0 saturated carbocycles. The third-order valence-electron chi connectivity index (χ3n) is 1.01. The molecule has 0 saturated heterocycles. The summed E-state index contributed by atoms with van der Waals surface area (Å²) in [7, 11) is 1.68. The van der Waals surface area contributed by atoms with Crippen LogP contribution >= 0.6 is 22.6 Å². The van der Waals surface area contributed by atoms with Gasteiger partial charge in [-0.25, -0.2) is 0 Å². The Morgan fingerprint density at radius 1 is 1.91 bits per heavy atom. The van der Waals surface area contributed by atoms with E-state index in [-0.39, 0.29) is 3.72 Å². The lowest BCUT2D eigenvalue weighted by Crippen LogP contribution is -2.14. The van der Waals surface area contributed by atoms with E-state index < -0.39 is 6.10 Å². The van der Waals surface area contributed by atoms with Crippen LogP contribution in [-0.4, -0.2) is 22.0 Å². The molecule has 0 amide bonds. The second-order valence-electron chi connectivity index (χ2n) is 1.77. The molecule has 0 aliphatic carbocycles. The molecule has 0 spiro atoms. The Bertz CT molecular complexity index is 217. The van der Waals surface area contributed by atoms with Crippen LogP contribution in [0.5, 0.6) is 0 Å². The zero-order valence-electron chi connectivity index (χ0n) is 6.06. The van der Waals surface area contributed by atoms with Crippen molar-refractivity contribution in [2.75, 3.05) is 7.05 Å². The third-order valence-corrected chi connectivity index (χ3v) is 1.63. The molecule has 0 aromatic rings. The van der Waals surface area contributed by atoms with Crippen molar-refractivity contribution in [2.45, 2.75) is 6.10 Å². The molecule has 0 bridgehead atoms. The highest BCUT2D eigenvalue weighted by Crippen LogP contribution is 2.07. The first-order valence-corrected chi connectivity index (χ1v) is 3.97. The second-order valence-corrected chi connectivity index (χ2v) is 2.85. The van der Waals surface area contributed by atoms with Crippen LogP contribution in [0.2, 0.25) is 0 Å². The van der Waals surface area contributed by atoms with Gasteiger partial charge in [0, 0.05) is 18.8 Å². The Morgan fingerprint density at radius 3 is 2.73 bits per heavy atom. The minimum atomic E-state index is -0.994. The van der Waals surface area contributed by atoms with Gasteiger partial charge in [-0.2, -0.15) is 0 Å². The summed E-state index contributed by atoms with van der Waals surface area (Å²) in [5, 5.41) is 19.0. The highest BCUT2D eigenvalue weighted by molar-refractivity contribution is 14.1. The van der Waals surface area contributed by atoms with Gasteiger partial charge in [-0.05, 0) is 22.6 Å². The van der Waals surface area contributed by atoms with E-state index in [1.165, 1.54) is 6.20 Å². The van der Waals surface area contributed by atoms with Crippen molar-refractivity contribution in [3.8, 4) is 12.3 Å². The average Bonchev–Trinajstić information content (AvgIpc) is 1.98. The molecule has 0 heterocycles. The van der Waals surface area contributed by atoms with E-state index in [2.05, 4.69) is 11.2 Å². The molecule has 0 aromatic heterocycles. The van der Waals surface area contributed by atoms with Gasteiger partial charge in [0.25, 0.3) is 0 Å². The molecule has 11 heavy (non-hydrogen) atoms. The van der Waals surface area contributed by atoms with Crippen LogP contribution in [0.25, 0.3) is 0 Å². The maximum absolute atomic E-state index is 9.13. The van der Waals surface area contributed by atoms with Crippen molar-refractivity contribution < 1.29 is 5.11 Å². The summed E-state index contributed by atoms with van der Waals surface area (Å²) in [5.41, 5.74) is 0.413. The lowest BCUT2D eigenvalue weighted by molar-refractivity contribution is 0.274. The smallest absolute Gasteiger partial charge is 0.143 e. The van der Waals surface area contributed by atoms with Gasteiger partial charge in [-0.15, -0.1) is 6.42 Å². The normalized spacial score (nSPS) is 13.5. The Kier molecular flexibility index (Phi) is 4.90. The summed E-state index contributed by atoms with van der Waals surface area (Å²) in [6.07, 6.45) is 5.49. The van der Waals surface area contributed by atoms with Crippen LogP contribution in [0.15, 0.2) is 11.8 Å². The van der Waals surface area contributed by atoms with Crippen molar-refractivity contribution in [1.29, 1.82) is 5.41 Å². The Hall–Kier alpha value is -0.540. The summed E-state index contributed by atoms with van der Waals surface area (Å²) in [4.78, 5) is 0. The molecule has 0 aliphatic heterocycles. The fourth-order valence-electron chi connectivity index (χ4n) is 0.508. The van der Waals surface area contributed by atoms with Crippen molar-refractivity contribution in [1.82, 2.24) is 5.32 Å². The van der Waals surface area contributed by atoms with Gasteiger partial charge < -0.3 is 10.4 Å². The third kappa shape index (κ3) is 3.39. The summed E-state index contributed by atoms with van der Waals surface area (Å²) < 4.78 is 0.238. The predicted molar refractivity (Wildman–Crippen MR) is 53.7 cm³/mol. The van der Waals surface area contributed by atoms with Crippen molar-refractivity contribution in [3.05, 3.63) is 11.8 Å². The van der Waals surface area contributed by atoms with Crippen LogP contribution in [0, 0.1) is 17.8 Å². The molecule has 3 nitrogen and oxygen atoms in total. The van der Waals surface area contributed by atoms with E-state index in [4.69, 9.17) is 16.9 Å². The summed E-state index contributed by atoms with van der Waals surface area (Å²) >= 11 is 1.79. The lowest BCUT2D eigenvalue weighted by Gasteiger charge is -2.05. The Morgan fingerprint density at radius 2 is 2.45 bits per heavy atom. The predicted octanol–water partition coefficient (Wildman–Crippen LogP) is 0.496. The van der Waals surface area contributed by atoms with Gasteiger partial charge in [0.15, 0.2) is 0 Å². The molecule has 0 rings (SSSR count). The number of nitrogens with one attached hydrogen (secondary N) is 2. The summed E-state index contributed by atoms with van der Waals surface area (Å²) in [6.45, 7) is 0. The first-order chi connectivity index (χ1) is 5.13. The fraction of sp³-hybridized carbons (Fsp3) is 0.286. The van der Waals surface area contributed by atoms with Gasteiger partial charge in [-0.3, -0.25) is 5.41 Å². The van der Waals surface area contributed by atoms with Crippen LogP contribution in [-0.2, 0) is 0 Å². The summed E-state index contributed by atoms with van der Waals surface area (Å²) in [5.74, 6) is 2.13. The molecule has 1 atom stereocenters. The molecule has 3 N–H and O–H groups in total. The summed E-state index contributed by atoms with van der Waals surface area (Å²) in [6, 6.07) is 0. The van der Waals surface area contributed by atoms with Crippen molar-refractivity contribution in [2.24, 2.45) is 0 Å². The van der Waals surface area contributed by atoms with Crippen molar-refractivity contribution in [3.63, 3.8) is 0 Å². The first-order valence-electron chi connectivity index (χ1n) is 2.89. The molecule has 4 heteroatoms. The van der Waals surface area contributed by atoms with Crippen LogP contribution < -0.4 is 5.32 Å². The SMILES string of the molecule is C#CC(O)/C(=C/NC)C(=N)I. The van der Waals surface area contributed by atoms with Crippen LogP contribution in [0.1, 0.15) is 0 Å². The van der Waals surface area contributed by atoms with Crippen molar-refractivity contribution >= 4 is 26.3 Å². The van der Waals surface area contributed by atoms with Gasteiger partial charge in [0.2, 0.25) is 0 Å². The molecule has 0 fully saturated rings. The number of terminal acetylenes is 1. The highest BCUT2D eigenvalue weighted by Gasteiger charge is 2.09. The van der Waals surface area contributed by atoms with E-state index in [9.17, 15) is 0 Å². The number of hydrogen-bond donors (Lipinski definition) is 3. The number of hydrogen-bond acceptors (Lipinski definition) is 3. The zero-order chi connectivity index (χ0) is 8.85. The van der Waals surface area contributed by atoms with Crippen LogP contribution in [0.3, 0.4) is 0 Å². The average molecular weight is 264 g/mol. The molecule has 0 aromatic carbocycles. The highest BCUT2D eigenvalue weighted by atomic mass is 127. The van der Waals surface area contributed by atoms with E-state index in [1.807, 2.05) is 0 Å². The number of aliphatic hydroxyl groups excluding tert-OH is 1. The lowest BCUT2D eigenvalue weighted by atomic mass is 10.2. The zero-order valence-corrected chi connectivity index (χ0v) is 8.21. The van der Waals surface area contributed by atoms with Gasteiger partial charge in [0.05, 0.1) is 0 Å². The largest absolute Gasteiger partial charge is 0.394 e. The molecule has 0 radical (unpaired) electrons. The van der Waals surface area contributed by atoms with E-state index in [0.717, 1.165) is 0 Å². The fourth-order valence-corrected chi connectivity index (χ4v) is 0.958. The van der Waals surface area contributed by atoms with Crippen LogP contribution in [0.4, 0.5) is 0 Å². The number of aliphatic hydroxyl groups is 1. The molecular formula is C7H9IN2O. The van der Waals surface area contributed by atoms with Gasteiger partial charge >= 0.3 is 0 Å².